The third kappa shape index (κ3) is 5.73. The van der Waals surface area contributed by atoms with Gasteiger partial charge in [0, 0.05) is 6.20 Å². The molecule has 0 radical (unpaired) electrons. The second kappa shape index (κ2) is 8.53. The first-order valence-corrected chi connectivity index (χ1v) is 8.88. The molecule has 1 heterocycles. The second-order valence-electron chi connectivity index (χ2n) is 4.98. The summed E-state index contributed by atoms with van der Waals surface area (Å²) in [5, 5.41) is 8.88. The van der Waals surface area contributed by atoms with Gasteiger partial charge < -0.3 is 9.84 Å². The van der Waals surface area contributed by atoms with Crippen molar-refractivity contribution in [3.8, 4) is 0 Å². The van der Waals surface area contributed by atoms with Crippen LogP contribution in [0.15, 0.2) is 48.7 Å². The van der Waals surface area contributed by atoms with Gasteiger partial charge in [-0.2, -0.15) is 0 Å². The van der Waals surface area contributed by atoms with E-state index in [0.29, 0.717) is 12.3 Å². The molecule has 0 unspecified atom stereocenters. The van der Waals surface area contributed by atoms with Crippen LogP contribution in [0.2, 0.25) is 0 Å². The van der Waals surface area contributed by atoms with E-state index in [0.717, 1.165) is 5.56 Å². The van der Waals surface area contributed by atoms with Gasteiger partial charge in [0.25, 0.3) is 5.91 Å². The fourth-order valence-electron chi connectivity index (χ4n) is 1.84. The number of nitrogens with zero attached hydrogens (tertiary/aromatic N) is 1. The Hall–Kier alpha value is -2.29. The first kappa shape index (κ1) is 18.1. The summed E-state index contributed by atoms with van der Waals surface area (Å²) in [6, 6.07) is 12.2. The highest BCUT2D eigenvalue weighted by atomic mass is 32.2. The minimum Gasteiger partial charge on any atom is -0.390 e. The van der Waals surface area contributed by atoms with Gasteiger partial charge >= 0.3 is 0 Å². The van der Waals surface area contributed by atoms with Crippen molar-refractivity contribution in [3.05, 3.63) is 65.5 Å². The van der Waals surface area contributed by atoms with E-state index in [2.05, 4.69) is 4.98 Å². The Morgan fingerprint density at radius 1 is 1.17 bits per heavy atom. The lowest BCUT2D eigenvalue weighted by molar-refractivity contribution is 0.0980. The quantitative estimate of drug-likeness (QED) is 0.684. The van der Waals surface area contributed by atoms with Crippen LogP contribution in [0.4, 0.5) is 0 Å². The molecule has 0 saturated heterocycles. The molecule has 1 amide bonds. The highest BCUT2D eigenvalue weighted by Gasteiger charge is 2.16. The highest BCUT2D eigenvalue weighted by Crippen LogP contribution is 2.03. The van der Waals surface area contributed by atoms with Gasteiger partial charge in [0.15, 0.2) is 0 Å². The number of aliphatic hydroxyl groups excluding tert-OH is 1. The Morgan fingerprint density at radius 2 is 1.92 bits per heavy atom. The lowest BCUT2D eigenvalue weighted by Crippen LogP contribution is -2.34. The maximum absolute atomic E-state index is 11.9. The molecule has 2 aromatic rings. The molecule has 8 heteroatoms. The second-order valence-corrected chi connectivity index (χ2v) is 6.83. The standard InChI is InChI=1S/C16H18N2O5S/c19-11-15-7-6-14(10-17-15)16(20)18-24(21,22)9-8-23-12-13-4-2-1-3-5-13/h1-7,10,19H,8-9,11-12H2,(H,18,20). The number of hydrogen-bond acceptors (Lipinski definition) is 6. The Bertz CT molecular complexity index is 761. The van der Waals surface area contributed by atoms with E-state index in [4.69, 9.17) is 9.84 Å². The van der Waals surface area contributed by atoms with Gasteiger partial charge in [-0.15, -0.1) is 0 Å². The number of sulfonamides is 1. The van der Waals surface area contributed by atoms with Crippen LogP contribution in [0.1, 0.15) is 21.6 Å². The van der Waals surface area contributed by atoms with Crippen molar-refractivity contribution in [1.29, 1.82) is 0 Å². The smallest absolute Gasteiger partial charge is 0.266 e. The maximum atomic E-state index is 11.9. The molecule has 128 valence electrons. The number of aliphatic hydroxyl groups is 1. The van der Waals surface area contributed by atoms with E-state index < -0.39 is 15.9 Å². The van der Waals surface area contributed by atoms with Crippen LogP contribution in [0.3, 0.4) is 0 Å². The van der Waals surface area contributed by atoms with Crippen molar-refractivity contribution in [2.75, 3.05) is 12.4 Å². The number of hydrogen-bond donors (Lipinski definition) is 2. The third-order valence-electron chi connectivity index (χ3n) is 3.11. The molecule has 0 saturated carbocycles. The van der Waals surface area contributed by atoms with Gasteiger partial charge in [-0.05, 0) is 17.7 Å². The van der Waals surface area contributed by atoms with Crippen molar-refractivity contribution < 1.29 is 23.1 Å². The van der Waals surface area contributed by atoms with Crippen LogP contribution < -0.4 is 4.72 Å². The summed E-state index contributed by atoms with van der Waals surface area (Å²) < 4.78 is 31.0. The van der Waals surface area contributed by atoms with E-state index in [1.54, 1.807) is 0 Å². The maximum Gasteiger partial charge on any atom is 0.266 e. The molecule has 2 rings (SSSR count). The lowest BCUT2D eigenvalue weighted by Gasteiger charge is -2.08. The number of nitrogens with one attached hydrogen (secondary N) is 1. The van der Waals surface area contributed by atoms with Crippen LogP contribution >= 0.6 is 0 Å². The van der Waals surface area contributed by atoms with Gasteiger partial charge in [0.05, 0.1) is 36.8 Å². The monoisotopic (exact) mass is 350 g/mol. The van der Waals surface area contributed by atoms with Gasteiger partial charge in [0.2, 0.25) is 10.0 Å². The number of carbonyl (C=O) groups is 1. The number of aromatic nitrogens is 1. The average Bonchev–Trinajstić information content (AvgIpc) is 2.59. The third-order valence-corrected chi connectivity index (χ3v) is 4.31. The number of benzene rings is 1. The predicted octanol–water partition coefficient (Wildman–Crippen LogP) is 0.850. The lowest BCUT2D eigenvalue weighted by atomic mass is 10.2. The molecule has 1 aromatic carbocycles. The van der Waals surface area contributed by atoms with Crippen LogP contribution in [-0.2, 0) is 28.0 Å². The zero-order valence-electron chi connectivity index (χ0n) is 12.9. The van der Waals surface area contributed by atoms with E-state index in [9.17, 15) is 13.2 Å². The van der Waals surface area contributed by atoms with Crippen LogP contribution in [0.5, 0.6) is 0 Å². The van der Waals surface area contributed by atoms with Crippen molar-refractivity contribution >= 4 is 15.9 Å². The summed E-state index contributed by atoms with van der Waals surface area (Å²) in [5.41, 5.74) is 1.43. The van der Waals surface area contributed by atoms with E-state index in [1.165, 1.54) is 18.3 Å². The number of carbonyl (C=O) groups excluding carboxylic acids is 1. The van der Waals surface area contributed by atoms with Crippen molar-refractivity contribution in [3.63, 3.8) is 0 Å². The number of amides is 1. The van der Waals surface area contributed by atoms with Crippen LogP contribution in [0, 0.1) is 0 Å². The molecule has 0 aliphatic carbocycles. The molecule has 7 nitrogen and oxygen atoms in total. The molecule has 0 aliphatic rings. The molecule has 0 fully saturated rings. The average molecular weight is 350 g/mol. The first-order valence-electron chi connectivity index (χ1n) is 7.22. The summed E-state index contributed by atoms with van der Waals surface area (Å²) in [4.78, 5) is 15.7. The van der Waals surface area contributed by atoms with E-state index >= 15 is 0 Å². The van der Waals surface area contributed by atoms with Crippen molar-refractivity contribution in [1.82, 2.24) is 9.71 Å². The van der Waals surface area contributed by atoms with Gasteiger partial charge in [0.1, 0.15) is 0 Å². The molecule has 2 N–H and O–H groups in total. The Balaban J connectivity index is 1.80. The number of rotatable bonds is 8. The topological polar surface area (TPSA) is 106 Å². The molecule has 0 atom stereocenters. The molecule has 0 spiro atoms. The van der Waals surface area contributed by atoms with E-state index in [1.807, 2.05) is 35.1 Å². The van der Waals surface area contributed by atoms with Gasteiger partial charge in [-0.1, -0.05) is 30.3 Å². The summed E-state index contributed by atoms with van der Waals surface area (Å²) in [6.45, 7) is 0.0228. The number of ether oxygens (including phenoxy) is 1. The molecular weight excluding hydrogens is 332 g/mol. The van der Waals surface area contributed by atoms with E-state index in [-0.39, 0.29) is 24.5 Å². The summed E-state index contributed by atoms with van der Waals surface area (Å²) in [5.74, 6) is -1.09. The van der Waals surface area contributed by atoms with Crippen LogP contribution in [-0.4, -0.2) is 36.8 Å². The van der Waals surface area contributed by atoms with Crippen molar-refractivity contribution in [2.45, 2.75) is 13.2 Å². The zero-order valence-corrected chi connectivity index (χ0v) is 13.7. The Kier molecular flexibility index (Phi) is 6.42. The molecular formula is C16H18N2O5S. The fourth-order valence-corrected chi connectivity index (χ4v) is 2.68. The highest BCUT2D eigenvalue weighted by molar-refractivity contribution is 7.90. The molecule has 1 aromatic heterocycles. The predicted molar refractivity (Wildman–Crippen MR) is 87.5 cm³/mol. The molecule has 0 bridgehead atoms. The zero-order chi connectivity index (χ0) is 17.4. The SMILES string of the molecule is O=C(NS(=O)(=O)CCOCc1ccccc1)c1ccc(CO)nc1. The minimum atomic E-state index is -3.80. The normalized spacial score (nSPS) is 11.2. The minimum absolute atomic E-state index is 0.0286. The summed E-state index contributed by atoms with van der Waals surface area (Å²) >= 11 is 0. The Morgan fingerprint density at radius 3 is 2.54 bits per heavy atom. The number of pyridine rings is 1. The largest absolute Gasteiger partial charge is 0.390 e. The van der Waals surface area contributed by atoms with Gasteiger partial charge in [-0.25, -0.2) is 13.1 Å². The first-order chi connectivity index (χ1) is 11.5. The Labute approximate surface area is 140 Å². The van der Waals surface area contributed by atoms with Gasteiger partial charge in [-0.3, -0.25) is 9.78 Å². The summed E-state index contributed by atoms with van der Waals surface area (Å²) in [6.07, 6.45) is 1.21. The van der Waals surface area contributed by atoms with Crippen LogP contribution in [0.25, 0.3) is 0 Å². The van der Waals surface area contributed by atoms with Crippen molar-refractivity contribution in [2.24, 2.45) is 0 Å². The fraction of sp³-hybridized carbons (Fsp3) is 0.250. The molecule has 24 heavy (non-hydrogen) atoms. The molecule has 0 aliphatic heterocycles. The summed E-state index contributed by atoms with van der Waals surface area (Å²) in [7, 11) is -3.80.